The lowest BCUT2D eigenvalue weighted by Gasteiger charge is -2.28. The van der Waals surface area contributed by atoms with Crippen LogP contribution in [0.4, 0.5) is 0 Å². The SMILES string of the molecule is CC[C@H](O)Cn1ccc(CC(=O)[C@@H](CC(C)C)N2CC(Oc3ccccc3Cl)=CC2=O)n1. The number of benzene rings is 1. The third-order valence-corrected chi connectivity index (χ3v) is 5.65. The molecule has 0 aliphatic carbocycles. The fourth-order valence-electron chi connectivity index (χ4n) is 3.63. The Kier molecular flexibility index (Phi) is 8.10. The van der Waals surface area contributed by atoms with E-state index in [9.17, 15) is 14.7 Å². The molecule has 0 spiro atoms. The molecule has 0 radical (unpaired) electrons. The Balaban J connectivity index is 1.69. The number of halogens is 1. The monoisotopic (exact) mass is 459 g/mol. The molecule has 7 nitrogen and oxygen atoms in total. The molecule has 172 valence electrons. The van der Waals surface area contributed by atoms with Crippen LogP contribution in [0.5, 0.6) is 5.75 Å². The zero-order valence-corrected chi connectivity index (χ0v) is 19.5. The number of amides is 1. The molecule has 2 atom stereocenters. The van der Waals surface area contributed by atoms with Gasteiger partial charge in [-0.2, -0.15) is 5.10 Å². The smallest absolute Gasteiger partial charge is 0.251 e. The minimum atomic E-state index is -0.572. The minimum Gasteiger partial charge on any atom is -0.458 e. The molecule has 0 unspecified atom stereocenters. The van der Waals surface area contributed by atoms with Crippen LogP contribution in [0, 0.1) is 5.92 Å². The highest BCUT2D eigenvalue weighted by atomic mass is 35.5. The van der Waals surface area contributed by atoms with E-state index in [-0.39, 0.29) is 30.6 Å². The van der Waals surface area contributed by atoms with Crippen LogP contribution in [0.3, 0.4) is 0 Å². The minimum absolute atomic E-state index is 0.0688. The number of Topliss-reactive ketones (excluding diaryl/α,β-unsaturated/α-hetero) is 1. The van der Waals surface area contributed by atoms with E-state index < -0.39 is 12.1 Å². The topological polar surface area (TPSA) is 84.7 Å². The number of nitrogens with zero attached hydrogens (tertiary/aromatic N) is 3. The van der Waals surface area contributed by atoms with Crippen LogP contribution in [-0.2, 0) is 22.6 Å². The number of aromatic nitrogens is 2. The number of para-hydroxylation sites is 1. The average molecular weight is 460 g/mol. The van der Waals surface area contributed by atoms with Crippen LogP contribution in [0.25, 0.3) is 0 Å². The molecule has 0 fully saturated rings. The van der Waals surface area contributed by atoms with E-state index in [0.717, 1.165) is 0 Å². The van der Waals surface area contributed by atoms with Crippen molar-refractivity contribution in [3.05, 3.63) is 59.1 Å². The summed E-state index contributed by atoms with van der Waals surface area (Å²) in [6, 6.07) is 8.27. The van der Waals surface area contributed by atoms with Gasteiger partial charge in [0.2, 0.25) is 0 Å². The van der Waals surface area contributed by atoms with E-state index in [0.29, 0.717) is 41.6 Å². The lowest BCUT2D eigenvalue weighted by Crippen LogP contribution is -2.44. The van der Waals surface area contributed by atoms with Gasteiger partial charge in [0.15, 0.2) is 5.78 Å². The van der Waals surface area contributed by atoms with Crippen LogP contribution in [0.2, 0.25) is 5.02 Å². The van der Waals surface area contributed by atoms with Gasteiger partial charge < -0.3 is 14.7 Å². The number of ketones is 1. The summed E-state index contributed by atoms with van der Waals surface area (Å²) in [5.74, 6) is 0.843. The molecular formula is C24H30ClN3O4. The predicted octanol–water partition coefficient (Wildman–Crippen LogP) is 3.64. The van der Waals surface area contributed by atoms with Crippen LogP contribution >= 0.6 is 11.6 Å². The van der Waals surface area contributed by atoms with Crippen LogP contribution < -0.4 is 4.74 Å². The van der Waals surface area contributed by atoms with E-state index in [4.69, 9.17) is 16.3 Å². The van der Waals surface area contributed by atoms with E-state index >= 15 is 0 Å². The van der Waals surface area contributed by atoms with Gasteiger partial charge in [0.05, 0.1) is 42.4 Å². The second-order valence-corrected chi connectivity index (χ2v) is 8.90. The number of ether oxygens (including phenoxy) is 1. The third-order valence-electron chi connectivity index (χ3n) is 5.33. The maximum atomic E-state index is 13.2. The molecule has 1 amide bonds. The summed E-state index contributed by atoms with van der Waals surface area (Å²) in [4.78, 5) is 27.5. The van der Waals surface area contributed by atoms with Crippen LogP contribution in [0.15, 0.2) is 48.4 Å². The molecule has 1 N–H and O–H groups in total. The van der Waals surface area contributed by atoms with E-state index in [2.05, 4.69) is 5.10 Å². The van der Waals surface area contributed by atoms with Crippen molar-refractivity contribution in [2.24, 2.45) is 5.92 Å². The van der Waals surface area contributed by atoms with Crippen molar-refractivity contribution in [3.8, 4) is 5.75 Å². The quantitative estimate of drug-likeness (QED) is 0.554. The van der Waals surface area contributed by atoms with Crippen molar-refractivity contribution >= 4 is 23.3 Å². The van der Waals surface area contributed by atoms with Crippen LogP contribution in [-0.4, -0.2) is 50.2 Å². The van der Waals surface area contributed by atoms with E-state index in [1.165, 1.54) is 6.08 Å². The summed E-state index contributed by atoms with van der Waals surface area (Å²) in [6.07, 6.45) is 4.01. The highest BCUT2D eigenvalue weighted by Crippen LogP contribution is 2.28. The Morgan fingerprint density at radius 1 is 1.28 bits per heavy atom. The fourth-order valence-corrected chi connectivity index (χ4v) is 3.80. The van der Waals surface area contributed by atoms with Gasteiger partial charge in [0, 0.05) is 12.3 Å². The standard InChI is InChI=1S/C24H30ClN3O4/c1-4-18(29)14-27-10-9-17(26-27)12-22(30)21(11-16(2)3)28-15-19(13-24(28)31)32-23-8-6-5-7-20(23)25/h5-10,13,16,18,21,29H,4,11-12,14-15H2,1-3H3/t18-,21+/m0/s1. The van der Waals surface area contributed by atoms with Crippen molar-refractivity contribution in [1.82, 2.24) is 14.7 Å². The van der Waals surface area contributed by atoms with Gasteiger partial charge >= 0.3 is 0 Å². The molecule has 2 aromatic rings. The Bertz CT molecular complexity index is 985. The Labute approximate surface area is 193 Å². The van der Waals surface area contributed by atoms with Crippen molar-refractivity contribution in [2.45, 2.75) is 58.7 Å². The van der Waals surface area contributed by atoms with Gasteiger partial charge in [-0.05, 0) is 37.0 Å². The first-order valence-electron chi connectivity index (χ1n) is 10.9. The molecule has 3 rings (SSSR count). The van der Waals surface area contributed by atoms with Gasteiger partial charge in [0.1, 0.15) is 11.5 Å². The van der Waals surface area contributed by atoms with Crippen molar-refractivity contribution in [2.75, 3.05) is 6.54 Å². The van der Waals surface area contributed by atoms with Crippen molar-refractivity contribution in [3.63, 3.8) is 0 Å². The predicted molar refractivity (Wildman–Crippen MR) is 122 cm³/mol. The Morgan fingerprint density at radius 3 is 2.72 bits per heavy atom. The highest BCUT2D eigenvalue weighted by molar-refractivity contribution is 6.32. The second kappa shape index (κ2) is 10.8. The van der Waals surface area contributed by atoms with Gasteiger partial charge in [-0.25, -0.2) is 0 Å². The fraction of sp³-hybridized carbons (Fsp3) is 0.458. The molecule has 1 aromatic heterocycles. The first-order chi connectivity index (χ1) is 15.3. The van der Waals surface area contributed by atoms with Crippen LogP contribution in [0.1, 0.15) is 39.3 Å². The lowest BCUT2D eigenvalue weighted by molar-refractivity contribution is -0.135. The van der Waals surface area contributed by atoms with Gasteiger partial charge in [0.25, 0.3) is 5.91 Å². The molecule has 0 bridgehead atoms. The summed E-state index contributed by atoms with van der Waals surface area (Å²) in [5, 5.41) is 14.7. The summed E-state index contributed by atoms with van der Waals surface area (Å²) in [7, 11) is 0. The third kappa shape index (κ3) is 6.20. The van der Waals surface area contributed by atoms with Crippen molar-refractivity contribution < 1.29 is 19.4 Å². The van der Waals surface area contributed by atoms with Gasteiger partial charge in [-0.1, -0.05) is 44.5 Å². The van der Waals surface area contributed by atoms with Crippen molar-refractivity contribution in [1.29, 1.82) is 0 Å². The number of hydrogen-bond acceptors (Lipinski definition) is 5. The Morgan fingerprint density at radius 2 is 2.03 bits per heavy atom. The maximum Gasteiger partial charge on any atom is 0.251 e. The molecule has 8 heteroatoms. The zero-order valence-electron chi connectivity index (χ0n) is 18.7. The molecule has 32 heavy (non-hydrogen) atoms. The maximum absolute atomic E-state index is 13.2. The number of aliphatic hydroxyl groups is 1. The molecule has 1 aliphatic rings. The first-order valence-corrected chi connectivity index (χ1v) is 11.3. The number of hydrogen-bond donors (Lipinski definition) is 1. The molecular weight excluding hydrogens is 430 g/mol. The summed E-state index contributed by atoms with van der Waals surface area (Å²) < 4.78 is 7.47. The molecule has 2 heterocycles. The first kappa shape index (κ1) is 24.0. The molecule has 1 aromatic carbocycles. The number of carbonyl (C=O) groups excluding carboxylic acids is 2. The van der Waals surface area contributed by atoms with Gasteiger partial charge in [-0.15, -0.1) is 0 Å². The average Bonchev–Trinajstić information content (AvgIpc) is 3.33. The number of aliphatic hydroxyl groups excluding tert-OH is 1. The highest BCUT2D eigenvalue weighted by Gasteiger charge is 2.34. The Hall–Kier alpha value is -2.64. The normalized spacial score (nSPS) is 15.8. The zero-order chi connectivity index (χ0) is 23.3. The summed E-state index contributed by atoms with van der Waals surface area (Å²) >= 11 is 6.16. The summed E-state index contributed by atoms with van der Waals surface area (Å²) in [6.45, 7) is 6.55. The van der Waals surface area contributed by atoms with E-state index in [1.54, 1.807) is 46.1 Å². The lowest BCUT2D eigenvalue weighted by atomic mass is 9.96. The largest absolute Gasteiger partial charge is 0.458 e. The van der Waals surface area contributed by atoms with E-state index in [1.807, 2.05) is 20.8 Å². The second-order valence-electron chi connectivity index (χ2n) is 8.49. The number of carbonyl (C=O) groups is 2. The molecule has 0 saturated carbocycles. The van der Waals surface area contributed by atoms with Gasteiger partial charge in [-0.3, -0.25) is 14.3 Å². The number of rotatable bonds is 11. The molecule has 1 aliphatic heterocycles. The summed E-state index contributed by atoms with van der Waals surface area (Å²) in [5.41, 5.74) is 0.624. The molecule has 0 saturated heterocycles.